The number of esters is 1. The number of carbonyl (C=O) groups excluding carboxylic acids is 2. The van der Waals surface area contributed by atoms with Crippen molar-refractivity contribution >= 4 is 17.6 Å². The van der Waals surface area contributed by atoms with E-state index in [1.54, 1.807) is 4.90 Å². The minimum atomic E-state index is -0.428. The highest BCUT2D eigenvalue weighted by atomic mass is 16.6. The Hall–Kier alpha value is -2.82. The Labute approximate surface area is 153 Å². The molecule has 2 aromatic carbocycles. The number of aryl methyl sites for hydroxylation is 2. The number of anilines is 1. The van der Waals surface area contributed by atoms with E-state index >= 15 is 0 Å². The lowest BCUT2D eigenvalue weighted by molar-refractivity contribution is -0.149. The Morgan fingerprint density at radius 3 is 2.27 bits per heavy atom. The molecule has 1 saturated heterocycles. The Balaban J connectivity index is 1.45. The van der Waals surface area contributed by atoms with Crippen LogP contribution >= 0.6 is 0 Å². The average molecular weight is 353 g/mol. The molecule has 2 aromatic rings. The van der Waals surface area contributed by atoms with Crippen LogP contribution in [0, 0.1) is 19.8 Å². The molecular weight excluding hydrogens is 330 g/mol. The number of rotatable bonds is 6. The Bertz CT molecular complexity index is 768. The first-order chi connectivity index (χ1) is 12.5. The molecule has 5 nitrogen and oxygen atoms in total. The normalized spacial score (nSPS) is 16.6. The maximum Gasteiger partial charge on any atom is 0.311 e. The lowest BCUT2D eigenvalue weighted by Gasteiger charge is -2.16. The quantitative estimate of drug-likeness (QED) is 0.591. The summed E-state index contributed by atoms with van der Waals surface area (Å²) in [4.78, 5) is 26.1. The zero-order valence-corrected chi connectivity index (χ0v) is 15.1. The minimum absolute atomic E-state index is 0.0493. The van der Waals surface area contributed by atoms with E-state index in [9.17, 15) is 9.59 Å². The molecule has 1 aliphatic rings. The van der Waals surface area contributed by atoms with Gasteiger partial charge in [-0.25, -0.2) is 0 Å². The van der Waals surface area contributed by atoms with Crippen LogP contribution in [0.5, 0.6) is 5.75 Å². The fourth-order valence-electron chi connectivity index (χ4n) is 2.89. The first-order valence-electron chi connectivity index (χ1n) is 8.76. The molecule has 1 aliphatic heterocycles. The number of hydrogen-bond donors (Lipinski definition) is 0. The zero-order chi connectivity index (χ0) is 18.5. The van der Waals surface area contributed by atoms with Crippen LogP contribution in [-0.2, 0) is 14.3 Å². The third kappa shape index (κ3) is 4.42. The van der Waals surface area contributed by atoms with Crippen molar-refractivity contribution in [3.05, 3.63) is 59.7 Å². The Morgan fingerprint density at radius 1 is 1.00 bits per heavy atom. The van der Waals surface area contributed by atoms with E-state index < -0.39 is 5.92 Å². The van der Waals surface area contributed by atoms with E-state index in [1.165, 1.54) is 0 Å². The second kappa shape index (κ2) is 8.04. The van der Waals surface area contributed by atoms with Gasteiger partial charge in [-0.3, -0.25) is 9.59 Å². The summed E-state index contributed by atoms with van der Waals surface area (Å²) in [5, 5.41) is 0. The predicted octanol–water partition coefficient (Wildman–Crippen LogP) is 3.28. The van der Waals surface area contributed by atoms with Crippen molar-refractivity contribution in [1.29, 1.82) is 0 Å². The molecule has 1 atom stereocenters. The number of ether oxygens (including phenoxy) is 2. The summed E-state index contributed by atoms with van der Waals surface area (Å²) >= 11 is 0. The summed E-state index contributed by atoms with van der Waals surface area (Å²) in [6.45, 7) is 4.82. The lowest BCUT2D eigenvalue weighted by atomic mass is 10.1. The first-order valence-corrected chi connectivity index (χ1v) is 8.76. The van der Waals surface area contributed by atoms with Gasteiger partial charge in [0, 0.05) is 18.7 Å². The molecule has 0 aliphatic carbocycles. The molecule has 1 amide bonds. The summed E-state index contributed by atoms with van der Waals surface area (Å²) in [6, 6.07) is 15.4. The number of benzene rings is 2. The molecule has 26 heavy (non-hydrogen) atoms. The number of hydrogen-bond acceptors (Lipinski definition) is 4. The second-order valence-electron chi connectivity index (χ2n) is 6.57. The molecule has 3 rings (SSSR count). The molecule has 0 saturated carbocycles. The van der Waals surface area contributed by atoms with Crippen LogP contribution < -0.4 is 9.64 Å². The summed E-state index contributed by atoms with van der Waals surface area (Å²) in [6.07, 6.45) is 0.186. The van der Waals surface area contributed by atoms with E-state index in [1.807, 2.05) is 62.4 Å². The van der Waals surface area contributed by atoms with Crippen LogP contribution in [0.3, 0.4) is 0 Å². The molecule has 0 bridgehead atoms. The summed E-state index contributed by atoms with van der Waals surface area (Å²) in [7, 11) is 0. The van der Waals surface area contributed by atoms with E-state index in [4.69, 9.17) is 9.47 Å². The van der Waals surface area contributed by atoms with Crippen molar-refractivity contribution in [3.8, 4) is 5.75 Å². The molecule has 1 fully saturated rings. The van der Waals surface area contributed by atoms with Crippen molar-refractivity contribution in [2.24, 2.45) is 5.92 Å². The summed E-state index contributed by atoms with van der Waals surface area (Å²) in [5.74, 6) is -0.0800. The molecule has 0 radical (unpaired) electrons. The van der Waals surface area contributed by atoms with Gasteiger partial charge in [0.1, 0.15) is 19.0 Å². The average Bonchev–Trinajstić information content (AvgIpc) is 3.02. The van der Waals surface area contributed by atoms with Crippen molar-refractivity contribution < 1.29 is 19.1 Å². The van der Waals surface area contributed by atoms with Gasteiger partial charge in [-0.2, -0.15) is 0 Å². The fraction of sp³-hybridized carbons (Fsp3) is 0.333. The van der Waals surface area contributed by atoms with Gasteiger partial charge in [0.15, 0.2) is 0 Å². The van der Waals surface area contributed by atoms with Crippen LogP contribution in [-0.4, -0.2) is 31.6 Å². The van der Waals surface area contributed by atoms with Crippen LogP contribution in [0.1, 0.15) is 17.5 Å². The van der Waals surface area contributed by atoms with Crippen LogP contribution in [0.2, 0.25) is 0 Å². The molecular formula is C21H23NO4. The van der Waals surface area contributed by atoms with E-state index in [-0.39, 0.29) is 31.5 Å². The summed E-state index contributed by atoms with van der Waals surface area (Å²) < 4.78 is 10.8. The number of amides is 1. The highest BCUT2D eigenvalue weighted by Gasteiger charge is 2.36. The monoisotopic (exact) mass is 353 g/mol. The zero-order valence-electron chi connectivity index (χ0n) is 15.1. The van der Waals surface area contributed by atoms with Crippen molar-refractivity contribution in [3.63, 3.8) is 0 Å². The second-order valence-corrected chi connectivity index (χ2v) is 6.57. The minimum Gasteiger partial charge on any atom is -0.490 e. The topological polar surface area (TPSA) is 55.8 Å². The van der Waals surface area contributed by atoms with Gasteiger partial charge in [0.25, 0.3) is 0 Å². The third-order valence-electron chi connectivity index (χ3n) is 4.42. The number of nitrogens with zero attached hydrogens (tertiary/aromatic N) is 1. The van der Waals surface area contributed by atoms with Crippen molar-refractivity contribution in [1.82, 2.24) is 0 Å². The largest absolute Gasteiger partial charge is 0.490 e. The fourth-order valence-corrected chi connectivity index (χ4v) is 2.89. The van der Waals surface area contributed by atoms with E-state index in [2.05, 4.69) is 0 Å². The SMILES string of the molecule is Cc1ccc(OCCOC(=O)[C@H]2CC(=O)N(c3ccc(C)cc3)C2)cc1. The predicted molar refractivity (Wildman–Crippen MR) is 99.3 cm³/mol. The Kier molecular flexibility index (Phi) is 5.56. The van der Waals surface area contributed by atoms with Crippen LogP contribution in [0.25, 0.3) is 0 Å². The highest BCUT2D eigenvalue weighted by Crippen LogP contribution is 2.26. The maximum absolute atomic E-state index is 12.2. The molecule has 0 N–H and O–H groups in total. The van der Waals surface area contributed by atoms with Crippen molar-refractivity contribution in [2.45, 2.75) is 20.3 Å². The van der Waals surface area contributed by atoms with Gasteiger partial charge >= 0.3 is 5.97 Å². The van der Waals surface area contributed by atoms with Crippen LogP contribution in [0.4, 0.5) is 5.69 Å². The van der Waals surface area contributed by atoms with E-state index in [0.29, 0.717) is 6.54 Å². The molecule has 0 aromatic heterocycles. The third-order valence-corrected chi connectivity index (χ3v) is 4.42. The van der Waals surface area contributed by atoms with Crippen LogP contribution in [0.15, 0.2) is 48.5 Å². The van der Waals surface area contributed by atoms with Gasteiger partial charge < -0.3 is 14.4 Å². The van der Waals surface area contributed by atoms with Gasteiger partial charge in [0.2, 0.25) is 5.91 Å². The summed E-state index contributed by atoms with van der Waals surface area (Å²) in [5.41, 5.74) is 3.11. The van der Waals surface area contributed by atoms with Gasteiger partial charge in [-0.1, -0.05) is 35.4 Å². The molecule has 0 unspecified atom stereocenters. The lowest BCUT2D eigenvalue weighted by Crippen LogP contribution is -2.26. The number of carbonyl (C=O) groups is 2. The standard InChI is InChI=1S/C21H23NO4/c1-15-3-7-18(8-4-15)22-14-17(13-20(22)23)21(24)26-12-11-25-19-9-5-16(2)6-10-19/h3-10,17H,11-14H2,1-2H3/t17-/m0/s1. The van der Waals surface area contributed by atoms with Gasteiger partial charge in [-0.05, 0) is 38.1 Å². The smallest absolute Gasteiger partial charge is 0.311 e. The van der Waals surface area contributed by atoms with Gasteiger partial charge in [-0.15, -0.1) is 0 Å². The van der Waals surface area contributed by atoms with Gasteiger partial charge in [0.05, 0.1) is 5.92 Å². The maximum atomic E-state index is 12.2. The molecule has 5 heteroatoms. The molecule has 136 valence electrons. The Morgan fingerprint density at radius 2 is 1.62 bits per heavy atom. The van der Waals surface area contributed by atoms with E-state index in [0.717, 1.165) is 22.6 Å². The first kappa shape index (κ1) is 18.0. The van der Waals surface area contributed by atoms with Crippen molar-refractivity contribution in [2.75, 3.05) is 24.7 Å². The molecule has 0 spiro atoms. The molecule has 1 heterocycles. The highest BCUT2D eigenvalue weighted by molar-refractivity contribution is 5.99.